The van der Waals surface area contributed by atoms with Crippen molar-refractivity contribution >= 4 is 40.9 Å². The summed E-state index contributed by atoms with van der Waals surface area (Å²) in [7, 11) is 0. The van der Waals surface area contributed by atoms with Gasteiger partial charge in [-0.3, -0.25) is 19.1 Å². The molecule has 1 aromatic heterocycles. The van der Waals surface area contributed by atoms with E-state index in [0.29, 0.717) is 0 Å². The predicted molar refractivity (Wildman–Crippen MR) is 146 cm³/mol. The molecule has 12 heteroatoms. The number of Topliss-reactive ketones (excluding diaryl/α,β-unsaturated/α-hetero) is 1. The van der Waals surface area contributed by atoms with E-state index in [1.54, 1.807) is 18.2 Å². The SMILES string of the molecule is CC12CCC(C(CC(=O)c3c(Cl)cccc3Cl)NC(=O)c3cnn(C4CCC(C(=O)O)CC4)c3C(F)(F)F)(CC1)C2. The average Bonchev–Trinajstić information content (AvgIpc) is 3.60. The Bertz CT molecular complexity index is 1340. The normalized spacial score (nSPS) is 28.4. The third-order valence-electron chi connectivity index (χ3n) is 9.61. The van der Waals surface area contributed by atoms with Gasteiger partial charge < -0.3 is 10.4 Å². The van der Waals surface area contributed by atoms with Crippen molar-refractivity contribution in [2.75, 3.05) is 0 Å². The van der Waals surface area contributed by atoms with Gasteiger partial charge in [0.2, 0.25) is 0 Å². The van der Waals surface area contributed by atoms with Gasteiger partial charge in [-0.25, -0.2) is 0 Å². The van der Waals surface area contributed by atoms with Gasteiger partial charge in [-0.2, -0.15) is 18.3 Å². The number of halogens is 5. The average molecular weight is 614 g/mol. The molecule has 7 nitrogen and oxygen atoms in total. The van der Waals surface area contributed by atoms with Crippen LogP contribution in [0.4, 0.5) is 13.2 Å². The molecule has 2 bridgehead atoms. The summed E-state index contributed by atoms with van der Waals surface area (Å²) in [5, 5.41) is 16.4. The van der Waals surface area contributed by atoms with E-state index in [-0.39, 0.29) is 58.9 Å². The molecule has 0 radical (unpaired) electrons. The molecular weight excluding hydrogens is 582 g/mol. The fraction of sp³-hybridized carbons (Fsp3) is 0.586. The van der Waals surface area contributed by atoms with Crippen LogP contribution in [0.2, 0.25) is 10.0 Å². The molecule has 1 atom stereocenters. The Kier molecular flexibility index (Phi) is 7.96. The lowest BCUT2D eigenvalue weighted by Gasteiger charge is -2.36. The predicted octanol–water partition coefficient (Wildman–Crippen LogP) is 7.37. The second kappa shape index (κ2) is 10.9. The monoisotopic (exact) mass is 613 g/mol. The summed E-state index contributed by atoms with van der Waals surface area (Å²) in [5.74, 6) is -2.90. The largest absolute Gasteiger partial charge is 0.481 e. The smallest absolute Gasteiger partial charge is 0.433 e. The van der Waals surface area contributed by atoms with Crippen LogP contribution in [-0.4, -0.2) is 38.6 Å². The minimum atomic E-state index is -4.87. The molecule has 1 aromatic carbocycles. The van der Waals surface area contributed by atoms with Gasteiger partial charge in [0, 0.05) is 12.5 Å². The Hall–Kier alpha value is -2.59. The minimum absolute atomic E-state index is 0.0604. The molecule has 1 unspecified atom stereocenters. The van der Waals surface area contributed by atoms with Crippen molar-refractivity contribution in [3.05, 3.63) is 51.3 Å². The van der Waals surface area contributed by atoms with Crippen LogP contribution in [0, 0.1) is 16.7 Å². The van der Waals surface area contributed by atoms with E-state index in [1.165, 1.54) is 0 Å². The molecule has 2 aromatic rings. The number of carbonyl (C=O) groups excluding carboxylic acids is 2. The van der Waals surface area contributed by atoms with E-state index in [9.17, 15) is 32.7 Å². The Morgan fingerprint density at radius 1 is 1.10 bits per heavy atom. The lowest BCUT2D eigenvalue weighted by atomic mass is 9.74. The van der Waals surface area contributed by atoms with Gasteiger partial charge in [0.1, 0.15) is 0 Å². The van der Waals surface area contributed by atoms with Gasteiger partial charge in [-0.05, 0) is 80.8 Å². The summed E-state index contributed by atoms with van der Waals surface area (Å²) in [4.78, 5) is 38.4. The van der Waals surface area contributed by atoms with Gasteiger partial charge in [0.15, 0.2) is 11.5 Å². The molecule has 1 amide bonds. The first-order valence-electron chi connectivity index (χ1n) is 13.9. The maximum absolute atomic E-state index is 14.4. The van der Waals surface area contributed by atoms with E-state index in [2.05, 4.69) is 17.3 Å². The van der Waals surface area contributed by atoms with Crippen LogP contribution in [0.25, 0.3) is 0 Å². The molecule has 3 saturated carbocycles. The Balaban J connectivity index is 1.44. The summed E-state index contributed by atoms with van der Waals surface area (Å²) >= 11 is 12.6. The zero-order chi connectivity index (χ0) is 29.7. The fourth-order valence-corrected chi connectivity index (χ4v) is 8.00. The number of alkyl halides is 3. The van der Waals surface area contributed by atoms with Crippen LogP contribution in [0.3, 0.4) is 0 Å². The van der Waals surface area contributed by atoms with E-state index in [4.69, 9.17) is 23.2 Å². The zero-order valence-corrected chi connectivity index (χ0v) is 24.1. The van der Waals surface area contributed by atoms with E-state index in [0.717, 1.165) is 43.0 Å². The third kappa shape index (κ3) is 5.74. The van der Waals surface area contributed by atoms with E-state index in [1.807, 2.05) is 0 Å². The highest BCUT2D eigenvalue weighted by Gasteiger charge is 2.56. The van der Waals surface area contributed by atoms with Gasteiger partial charge in [0.05, 0.1) is 39.3 Å². The summed E-state index contributed by atoms with van der Waals surface area (Å²) in [6.45, 7) is 2.16. The molecule has 3 fully saturated rings. The summed E-state index contributed by atoms with van der Waals surface area (Å²) in [6.07, 6.45) is 0.844. The Labute approximate surface area is 245 Å². The van der Waals surface area contributed by atoms with Crippen LogP contribution >= 0.6 is 23.2 Å². The van der Waals surface area contributed by atoms with E-state index < -0.39 is 52.7 Å². The number of rotatable bonds is 8. The van der Waals surface area contributed by atoms with Crippen LogP contribution in [-0.2, 0) is 11.0 Å². The maximum atomic E-state index is 14.4. The number of benzene rings is 1. The third-order valence-corrected chi connectivity index (χ3v) is 10.2. The van der Waals surface area contributed by atoms with Crippen molar-refractivity contribution in [2.45, 2.75) is 89.4 Å². The number of fused-ring (bicyclic) bond motifs is 2. The van der Waals surface area contributed by atoms with Gasteiger partial charge >= 0.3 is 12.1 Å². The summed E-state index contributed by atoms with van der Waals surface area (Å²) in [5.41, 5.74) is -2.01. The molecule has 0 aliphatic heterocycles. The van der Waals surface area contributed by atoms with Crippen LogP contribution in [0.15, 0.2) is 24.4 Å². The molecule has 0 spiro atoms. The highest BCUT2D eigenvalue weighted by molar-refractivity contribution is 6.39. The van der Waals surface area contributed by atoms with E-state index >= 15 is 0 Å². The molecule has 0 saturated heterocycles. The van der Waals surface area contributed by atoms with Crippen molar-refractivity contribution in [3.8, 4) is 0 Å². The number of hydrogen-bond donors (Lipinski definition) is 2. The number of carboxylic acid groups (broad SMARTS) is 1. The van der Waals surface area contributed by atoms with Crippen LogP contribution in [0.1, 0.15) is 104 Å². The summed E-state index contributed by atoms with van der Waals surface area (Å²) < 4.78 is 44.0. The molecule has 1 heterocycles. The van der Waals surface area contributed by atoms with Crippen molar-refractivity contribution in [1.29, 1.82) is 0 Å². The topological polar surface area (TPSA) is 101 Å². The molecule has 3 aliphatic rings. The van der Waals surface area contributed by atoms with Crippen LogP contribution in [0.5, 0.6) is 0 Å². The number of aliphatic carboxylic acids is 1. The van der Waals surface area contributed by atoms with Gasteiger partial charge in [-0.1, -0.05) is 36.2 Å². The van der Waals surface area contributed by atoms with Gasteiger partial charge in [0.25, 0.3) is 5.91 Å². The molecule has 2 N–H and O–H groups in total. The number of hydrogen-bond acceptors (Lipinski definition) is 4. The Morgan fingerprint density at radius 3 is 2.22 bits per heavy atom. The zero-order valence-electron chi connectivity index (χ0n) is 22.6. The number of amides is 1. The lowest BCUT2D eigenvalue weighted by Crippen LogP contribution is -2.47. The number of carbonyl (C=O) groups is 3. The number of nitrogens with zero attached hydrogens (tertiary/aromatic N) is 2. The molecule has 3 aliphatic carbocycles. The van der Waals surface area contributed by atoms with Crippen molar-refractivity contribution in [2.24, 2.45) is 16.7 Å². The van der Waals surface area contributed by atoms with Crippen molar-refractivity contribution in [3.63, 3.8) is 0 Å². The number of ketones is 1. The number of carboxylic acids is 1. The quantitative estimate of drug-likeness (QED) is 0.303. The van der Waals surface area contributed by atoms with Crippen LogP contribution < -0.4 is 5.32 Å². The Morgan fingerprint density at radius 2 is 1.71 bits per heavy atom. The number of aromatic nitrogens is 2. The first kappa shape index (κ1) is 29.9. The highest BCUT2D eigenvalue weighted by Crippen LogP contribution is 2.63. The second-order valence-electron chi connectivity index (χ2n) is 12.3. The van der Waals surface area contributed by atoms with Crippen molar-refractivity contribution in [1.82, 2.24) is 15.1 Å². The molecule has 41 heavy (non-hydrogen) atoms. The molecule has 222 valence electrons. The summed E-state index contributed by atoms with van der Waals surface area (Å²) in [6, 6.07) is 3.30. The van der Waals surface area contributed by atoms with Gasteiger partial charge in [-0.15, -0.1) is 0 Å². The standard InChI is InChI=1S/C29H32Cl2F3N3O4/c1-27-9-11-28(15-27,12-10-27)22(13-21(38)23-19(30)3-2-4-20(23)31)36-25(39)18-14-35-37(24(18)29(32,33)34)17-7-5-16(6-8-17)26(40)41/h2-4,14,16-17,22H,5-13,15H2,1H3,(H,36,39)(H,40,41). The maximum Gasteiger partial charge on any atom is 0.433 e. The first-order chi connectivity index (χ1) is 19.2. The number of nitrogens with one attached hydrogen (secondary N) is 1. The molecular formula is C29H32Cl2F3N3O4. The fourth-order valence-electron chi connectivity index (χ4n) is 7.39. The minimum Gasteiger partial charge on any atom is -0.481 e. The lowest BCUT2D eigenvalue weighted by molar-refractivity contribution is -0.147. The molecule has 5 rings (SSSR count). The first-order valence-corrected chi connectivity index (χ1v) is 14.6. The van der Waals surface area contributed by atoms with Crippen molar-refractivity contribution < 1.29 is 32.7 Å². The second-order valence-corrected chi connectivity index (χ2v) is 13.1. The highest BCUT2D eigenvalue weighted by atomic mass is 35.5.